The molecule has 27 heavy (non-hydrogen) atoms. The first-order valence-electron chi connectivity index (χ1n) is 8.82. The number of aryl methyl sites for hydroxylation is 1. The molecule has 0 radical (unpaired) electrons. The molecule has 5 nitrogen and oxygen atoms in total. The smallest absolute Gasteiger partial charge is 0.234 e. The van der Waals surface area contributed by atoms with E-state index in [4.69, 9.17) is 5.26 Å². The summed E-state index contributed by atoms with van der Waals surface area (Å²) >= 11 is 3.22. The first kappa shape index (κ1) is 18.0. The molecule has 1 aromatic carbocycles. The van der Waals surface area contributed by atoms with Crippen molar-refractivity contribution in [3.63, 3.8) is 0 Å². The van der Waals surface area contributed by atoms with Crippen LogP contribution in [0.2, 0.25) is 0 Å². The fraction of sp³-hybridized carbons (Fsp3) is 0.300. The number of thiophene rings is 1. The van der Waals surface area contributed by atoms with Gasteiger partial charge in [-0.2, -0.15) is 5.26 Å². The molecule has 0 unspecified atom stereocenters. The Hall–Kier alpha value is -2.43. The number of nitriles is 1. The lowest BCUT2D eigenvalue weighted by atomic mass is 9.89. The molecule has 1 aliphatic rings. The standard InChI is InChI=1S/C20H18N4OS2/c1-12-2-7-15-16(8-12)27-20-18(15)19(22-11-23-20)26-10-17(25)24-14-5-3-13(9-21)4-6-14/h3-6,11-12H,2,7-8,10H2,1H3,(H,24,25)/t12-/m0/s1. The van der Waals surface area contributed by atoms with Gasteiger partial charge in [-0.25, -0.2) is 9.97 Å². The molecule has 3 aromatic rings. The van der Waals surface area contributed by atoms with Crippen molar-refractivity contribution in [3.8, 4) is 6.07 Å². The van der Waals surface area contributed by atoms with E-state index < -0.39 is 0 Å². The molecule has 0 fully saturated rings. The predicted molar refractivity (Wildman–Crippen MR) is 109 cm³/mol. The van der Waals surface area contributed by atoms with E-state index in [-0.39, 0.29) is 11.7 Å². The van der Waals surface area contributed by atoms with Gasteiger partial charge in [-0.3, -0.25) is 4.79 Å². The Kier molecular flexibility index (Phi) is 5.10. The summed E-state index contributed by atoms with van der Waals surface area (Å²) in [6.07, 6.45) is 4.96. The fourth-order valence-electron chi connectivity index (χ4n) is 3.31. The third kappa shape index (κ3) is 3.82. The number of nitrogens with zero attached hydrogens (tertiary/aromatic N) is 3. The number of carbonyl (C=O) groups is 1. The number of thioether (sulfide) groups is 1. The first-order valence-corrected chi connectivity index (χ1v) is 10.6. The van der Waals surface area contributed by atoms with Crippen LogP contribution in [0.5, 0.6) is 0 Å². The summed E-state index contributed by atoms with van der Waals surface area (Å²) in [5, 5.41) is 13.7. The van der Waals surface area contributed by atoms with E-state index >= 15 is 0 Å². The molecule has 136 valence electrons. The Balaban J connectivity index is 1.48. The zero-order chi connectivity index (χ0) is 18.8. The summed E-state index contributed by atoms with van der Waals surface area (Å²) < 4.78 is 0. The van der Waals surface area contributed by atoms with Gasteiger partial charge >= 0.3 is 0 Å². The highest BCUT2D eigenvalue weighted by atomic mass is 32.2. The highest BCUT2D eigenvalue weighted by molar-refractivity contribution is 8.00. The van der Waals surface area contributed by atoms with Crippen molar-refractivity contribution >= 4 is 44.9 Å². The number of hydrogen-bond acceptors (Lipinski definition) is 6. The van der Waals surface area contributed by atoms with Crippen LogP contribution in [-0.2, 0) is 17.6 Å². The van der Waals surface area contributed by atoms with Crippen molar-refractivity contribution in [2.24, 2.45) is 5.92 Å². The Morgan fingerprint density at radius 3 is 2.96 bits per heavy atom. The van der Waals surface area contributed by atoms with Crippen LogP contribution in [0.25, 0.3) is 10.2 Å². The maximum atomic E-state index is 12.3. The molecular weight excluding hydrogens is 376 g/mol. The minimum Gasteiger partial charge on any atom is -0.325 e. The minimum absolute atomic E-state index is 0.0887. The second-order valence-corrected chi connectivity index (χ2v) is 8.78. The number of benzene rings is 1. The van der Waals surface area contributed by atoms with E-state index in [9.17, 15) is 4.79 Å². The number of carbonyl (C=O) groups excluding carboxylic acids is 1. The monoisotopic (exact) mass is 394 g/mol. The molecule has 1 aliphatic carbocycles. The lowest BCUT2D eigenvalue weighted by Gasteiger charge is -2.18. The van der Waals surface area contributed by atoms with E-state index in [0.29, 0.717) is 17.2 Å². The van der Waals surface area contributed by atoms with Crippen LogP contribution in [0.3, 0.4) is 0 Å². The molecule has 0 spiro atoms. The number of rotatable bonds is 4. The summed E-state index contributed by atoms with van der Waals surface area (Å²) in [4.78, 5) is 23.7. The minimum atomic E-state index is -0.0887. The second-order valence-electron chi connectivity index (χ2n) is 6.74. The summed E-state index contributed by atoms with van der Waals surface area (Å²) in [5.41, 5.74) is 2.64. The SMILES string of the molecule is C[C@H]1CCc2c(sc3ncnc(SCC(=O)Nc4ccc(C#N)cc4)c23)C1. The lowest BCUT2D eigenvalue weighted by Crippen LogP contribution is -2.14. The quantitative estimate of drug-likeness (QED) is 0.523. The van der Waals surface area contributed by atoms with Gasteiger partial charge in [0.1, 0.15) is 16.2 Å². The topological polar surface area (TPSA) is 78.7 Å². The molecular formula is C20H18N4OS2. The molecule has 0 saturated carbocycles. The van der Waals surface area contributed by atoms with Gasteiger partial charge in [-0.1, -0.05) is 18.7 Å². The van der Waals surface area contributed by atoms with E-state index in [1.54, 1.807) is 41.9 Å². The normalized spacial score (nSPS) is 15.9. The van der Waals surface area contributed by atoms with E-state index in [1.807, 2.05) is 0 Å². The first-order chi connectivity index (χ1) is 13.1. The Bertz CT molecular complexity index is 1040. The molecule has 1 amide bonds. The second kappa shape index (κ2) is 7.67. The summed E-state index contributed by atoms with van der Waals surface area (Å²) in [5.74, 6) is 0.912. The number of aromatic nitrogens is 2. The van der Waals surface area contributed by atoms with Crippen LogP contribution in [0.4, 0.5) is 5.69 Å². The van der Waals surface area contributed by atoms with Crippen molar-refractivity contribution < 1.29 is 4.79 Å². The average Bonchev–Trinajstić information content (AvgIpc) is 3.05. The summed E-state index contributed by atoms with van der Waals surface area (Å²) in [6.45, 7) is 2.29. The molecule has 0 saturated heterocycles. The number of nitrogens with one attached hydrogen (secondary N) is 1. The Morgan fingerprint density at radius 2 is 2.19 bits per heavy atom. The van der Waals surface area contributed by atoms with Gasteiger partial charge in [0.25, 0.3) is 0 Å². The van der Waals surface area contributed by atoms with E-state index in [2.05, 4.69) is 28.3 Å². The molecule has 2 aromatic heterocycles. The van der Waals surface area contributed by atoms with Gasteiger partial charge < -0.3 is 5.32 Å². The molecule has 1 atom stereocenters. The maximum absolute atomic E-state index is 12.3. The van der Waals surface area contributed by atoms with Gasteiger partial charge in [-0.05, 0) is 55.0 Å². The molecule has 0 aliphatic heterocycles. The Labute approximate surface area is 165 Å². The Morgan fingerprint density at radius 1 is 1.37 bits per heavy atom. The third-order valence-electron chi connectivity index (χ3n) is 4.69. The highest BCUT2D eigenvalue weighted by Crippen LogP contribution is 2.40. The average molecular weight is 395 g/mol. The molecule has 1 N–H and O–H groups in total. The molecule has 2 heterocycles. The lowest BCUT2D eigenvalue weighted by molar-refractivity contribution is -0.113. The van der Waals surface area contributed by atoms with Crippen LogP contribution in [-0.4, -0.2) is 21.6 Å². The van der Waals surface area contributed by atoms with E-state index in [1.165, 1.54) is 28.6 Å². The van der Waals surface area contributed by atoms with Crippen LogP contribution >= 0.6 is 23.1 Å². The molecule has 0 bridgehead atoms. The summed E-state index contributed by atoms with van der Waals surface area (Å²) in [7, 11) is 0. The van der Waals surface area contributed by atoms with Gasteiger partial charge in [0.05, 0.1) is 17.4 Å². The number of anilines is 1. The molecule has 7 heteroatoms. The van der Waals surface area contributed by atoms with Crippen LogP contribution < -0.4 is 5.32 Å². The predicted octanol–water partition coefficient (Wildman–Crippen LogP) is 4.42. The summed E-state index contributed by atoms with van der Waals surface area (Å²) in [6, 6.07) is 8.92. The van der Waals surface area contributed by atoms with Crippen molar-refractivity contribution in [1.82, 2.24) is 9.97 Å². The van der Waals surface area contributed by atoms with Crippen LogP contribution in [0.1, 0.15) is 29.3 Å². The van der Waals surface area contributed by atoms with Crippen LogP contribution in [0, 0.1) is 17.2 Å². The van der Waals surface area contributed by atoms with E-state index in [0.717, 1.165) is 28.1 Å². The van der Waals surface area contributed by atoms with Crippen molar-refractivity contribution in [1.29, 1.82) is 5.26 Å². The van der Waals surface area contributed by atoms with Gasteiger partial charge in [0.15, 0.2) is 0 Å². The largest absolute Gasteiger partial charge is 0.325 e. The van der Waals surface area contributed by atoms with Crippen LogP contribution in [0.15, 0.2) is 35.6 Å². The van der Waals surface area contributed by atoms with Crippen molar-refractivity contribution in [3.05, 3.63) is 46.6 Å². The highest BCUT2D eigenvalue weighted by Gasteiger charge is 2.23. The number of amides is 1. The number of fused-ring (bicyclic) bond motifs is 3. The zero-order valence-corrected chi connectivity index (χ0v) is 16.5. The number of hydrogen-bond donors (Lipinski definition) is 1. The van der Waals surface area contributed by atoms with Crippen molar-refractivity contribution in [2.45, 2.75) is 31.2 Å². The van der Waals surface area contributed by atoms with Gasteiger partial charge in [-0.15, -0.1) is 11.3 Å². The van der Waals surface area contributed by atoms with Gasteiger partial charge in [0, 0.05) is 16.0 Å². The maximum Gasteiger partial charge on any atom is 0.234 e. The molecule has 4 rings (SSSR count). The van der Waals surface area contributed by atoms with Crippen molar-refractivity contribution in [2.75, 3.05) is 11.1 Å². The zero-order valence-electron chi connectivity index (χ0n) is 14.9. The fourth-order valence-corrected chi connectivity index (χ4v) is 5.56. The van der Waals surface area contributed by atoms with Gasteiger partial charge in [0.2, 0.25) is 5.91 Å². The third-order valence-corrected chi connectivity index (χ3v) is 6.85.